The minimum absolute atomic E-state index is 0.213. The van der Waals surface area contributed by atoms with Crippen molar-refractivity contribution >= 4 is 11.3 Å². The van der Waals surface area contributed by atoms with E-state index in [1.54, 1.807) is 11.3 Å². The Morgan fingerprint density at radius 2 is 2.36 bits per heavy atom. The molecule has 0 aliphatic carbocycles. The van der Waals surface area contributed by atoms with Crippen molar-refractivity contribution in [3.63, 3.8) is 0 Å². The molecule has 1 aromatic rings. The zero-order valence-corrected chi connectivity index (χ0v) is 7.45. The summed E-state index contributed by atoms with van der Waals surface area (Å²) in [5, 5.41) is 11.6. The normalized spacial score (nSPS) is 10.4. The number of aryl methyl sites for hydroxylation is 1. The molecule has 62 valence electrons. The summed E-state index contributed by atoms with van der Waals surface area (Å²) in [4.78, 5) is 2.67. The number of rotatable bonds is 4. The van der Waals surface area contributed by atoms with Gasteiger partial charge in [0.05, 0.1) is 6.61 Å². The Kier molecular flexibility index (Phi) is 3.56. The lowest BCUT2D eigenvalue weighted by Gasteiger charge is -1.97. The molecular weight excluding hydrogens is 158 g/mol. The van der Waals surface area contributed by atoms with Crippen molar-refractivity contribution < 1.29 is 5.11 Å². The van der Waals surface area contributed by atoms with Crippen LogP contribution in [0, 0.1) is 6.92 Å². The standard InChI is InChI=1S/C8H13NOS/c1-7-2-3-8(11-7)6-9-4-5-10/h2-3,9-10H,4-6H2,1H3. The van der Waals surface area contributed by atoms with Gasteiger partial charge in [-0.05, 0) is 19.1 Å². The summed E-state index contributed by atoms with van der Waals surface area (Å²) in [6.07, 6.45) is 0. The molecule has 0 fully saturated rings. The average Bonchev–Trinajstić information content (AvgIpc) is 2.37. The minimum Gasteiger partial charge on any atom is -0.395 e. The predicted molar refractivity (Wildman–Crippen MR) is 47.8 cm³/mol. The lowest BCUT2D eigenvalue weighted by Crippen LogP contribution is -2.16. The van der Waals surface area contributed by atoms with Gasteiger partial charge in [-0.2, -0.15) is 0 Å². The highest BCUT2D eigenvalue weighted by Crippen LogP contribution is 2.13. The fourth-order valence-corrected chi connectivity index (χ4v) is 1.73. The van der Waals surface area contributed by atoms with Gasteiger partial charge in [0.15, 0.2) is 0 Å². The Hall–Kier alpha value is -0.380. The Morgan fingerprint density at radius 3 is 2.91 bits per heavy atom. The molecule has 3 heteroatoms. The summed E-state index contributed by atoms with van der Waals surface area (Å²) >= 11 is 1.79. The van der Waals surface area contributed by atoms with Gasteiger partial charge in [-0.3, -0.25) is 0 Å². The van der Waals surface area contributed by atoms with Crippen LogP contribution in [0.5, 0.6) is 0 Å². The van der Waals surface area contributed by atoms with Crippen LogP contribution in [0.4, 0.5) is 0 Å². The Labute approximate surface area is 70.9 Å². The van der Waals surface area contributed by atoms with E-state index in [-0.39, 0.29) is 6.61 Å². The van der Waals surface area contributed by atoms with E-state index in [0.29, 0.717) is 6.54 Å². The lowest BCUT2D eigenvalue weighted by atomic mass is 10.4. The lowest BCUT2D eigenvalue weighted by molar-refractivity contribution is 0.292. The monoisotopic (exact) mass is 171 g/mol. The summed E-state index contributed by atoms with van der Waals surface area (Å²) < 4.78 is 0. The highest BCUT2D eigenvalue weighted by molar-refractivity contribution is 7.11. The molecule has 1 rings (SSSR count). The zero-order chi connectivity index (χ0) is 8.10. The number of aliphatic hydroxyl groups excluding tert-OH is 1. The molecule has 0 unspecified atom stereocenters. The summed E-state index contributed by atoms with van der Waals surface area (Å²) in [5.74, 6) is 0. The molecule has 0 bridgehead atoms. The second kappa shape index (κ2) is 4.49. The Morgan fingerprint density at radius 1 is 1.55 bits per heavy atom. The van der Waals surface area contributed by atoms with E-state index in [1.807, 2.05) is 0 Å². The highest BCUT2D eigenvalue weighted by Gasteiger charge is 1.94. The van der Waals surface area contributed by atoms with E-state index >= 15 is 0 Å². The molecule has 2 N–H and O–H groups in total. The van der Waals surface area contributed by atoms with Crippen molar-refractivity contribution in [2.45, 2.75) is 13.5 Å². The second-order valence-corrected chi connectivity index (χ2v) is 3.79. The van der Waals surface area contributed by atoms with Gasteiger partial charge in [0.25, 0.3) is 0 Å². The largest absolute Gasteiger partial charge is 0.395 e. The average molecular weight is 171 g/mol. The van der Waals surface area contributed by atoms with Gasteiger partial charge in [0.1, 0.15) is 0 Å². The SMILES string of the molecule is Cc1ccc(CNCCO)s1. The molecule has 0 aliphatic rings. The third kappa shape index (κ3) is 3.01. The molecule has 0 spiro atoms. The van der Waals surface area contributed by atoms with Crippen LogP contribution in [-0.2, 0) is 6.54 Å². The van der Waals surface area contributed by atoms with Crippen molar-refractivity contribution in [1.29, 1.82) is 0 Å². The van der Waals surface area contributed by atoms with Crippen molar-refractivity contribution in [1.82, 2.24) is 5.32 Å². The fraction of sp³-hybridized carbons (Fsp3) is 0.500. The first-order valence-corrected chi connectivity index (χ1v) is 4.51. The maximum atomic E-state index is 8.49. The molecule has 0 atom stereocenters. The third-order valence-corrected chi connectivity index (χ3v) is 2.38. The van der Waals surface area contributed by atoms with Crippen LogP contribution in [0.1, 0.15) is 9.75 Å². The van der Waals surface area contributed by atoms with E-state index in [1.165, 1.54) is 9.75 Å². The first-order chi connectivity index (χ1) is 5.33. The molecular formula is C8H13NOS. The van der Waals surface area contributed by atoms with Crippen LogP contribution in [0.15, 0.2) is 12.1 Å². The number of hydrogen-bond donors (Lipinski definition) is 2. The van der Waals surface area contributed by atoms with Gasteiger partial charge in [0, 0.05) is 22.8 Å². The molecule has 0 radical (unpaired) electrons. The number of nitrogens with one attached hydrogen (secondary N) is 1. The molecule has 0 saturated heterocycles. The summed E-state index contributed by atoms with van der Waals surface area (Å²) in [5.41, 5.74) is 0. The number of aliphatic hydroxyl groups is 1. The molecule has 0 amide bonds. The smallest absolute Gasteiger partial charge is 0.0556 e. The van der Waals surface area contributed by atoms with Gasteiger partial charge >= 0.3 is 0 Å². The van der Waals surface area contributed by atoms with Crippen molar-refractivity contribution in [3.05, 3.63) is 21.9 Å². The van der Waals surface area contributed by atoms with E-state index in [0.717, 1.165) is 6.54 Å². The van der Waals surface area contributed by atoms with E-state index in [9.17, 15) is 0 Å². The highest BCUT2D eigenvalue weighted by atomic mass is 32.1. The molecule has 2 nitrogen and oxygen atoms in total. The second-order valence-electron chi connectivity index (χ2n) is 2.41. The predicted octanol–water partition coefficient (Wildman–Crippen LogP) is 1.14. The van der Waals surface area contributed by atoms with Crippen molar-refractivity contribution in [3.8, 4) is 0 Å². The maximum Gasteiger partial charge on any atom is 0.0556 e. The van der Waals surface area contributed by atoms with Gasteiger partial charge in [-0.25, -0.2) is 0 Å². The van der Waals surface area contributed by atoms with Crippen LogP contribution < -0.4 is 5.32 Å². The van der Waals surface area contributed by atoms with Crippen molar-refractivity contribution in [2.75, 3.05) is 13.2 Å². The van der Waals surface area contributed by atoms with Crippen LogP contribution in [0.3, 0.4) is 0 Å². The van der Waals surface area contributed by atoms with Gasteiger partial charge in [0.2, 0.25) is 0 Å². The molecule has 1 heterocycles. The number of thiophene rings is 1. The summed E-state index contributed by atoms with van der Waals surface area (Å²) in [6, 6.07) is 4.23. The van der Waals surface area contributed by atoms with Gasteiger partial charge in [-0.15, -0.1) is 11.3 Å². The van der Waals surface area contributed by atoms with Crippen LogP contribution >= 0.6 is 11.3 Å². The fourth-order valence-electron chi connectivity index (χ4n) is 0.871. The molecule has 0 aliphatic heterocycles. The molecule has 11 heavy (non-hydrogen) atoms. The van der Waals surface area contributed by atoms with Crippen LogP contribution in [-0.4, -0.2) is 18.3 Å². The minimum atomic E-state index is 0.213. The van der Waals surface area contributed by atoms with Crippen LogP contribution in [0.25, 0.3) is 0 Å². The topological polar surface area (TPSA) is 32.3 Å². The Balaban J connectivity index is 2.27. The van der Waals surface area contributed by atoms with E-state index in [2.05, 4.69) is 24.4 Å². The maximum absolute atomic E-state index is 8.49. The summed E-state index contributed by atoms with van der Waals surface area (Å²) in [6.45, 7) is 3.86. The first kappa shape index (κ1) is 8.71. The van der Waals surface area contributed by atoms with E-state index in [4.69, 9.17) is 5.11 Å². The molecule has 0 saturated carbocycles. The molecule has 0 aromatic carbocycles. The third-order valence-electron chi connectivity index (χ3n) is 1.38. The van der Waals surface area contributed by atoms with Gasteiger partial charge in [-0.1, -0.05) is 0 Å². The van der Waals surface area contributed by atoms with Crippen molar-refractivity contribution in [2.24, 2.45) is 0 Å². The van der Waals surface area contributed by atoms with E-state index < -0.39 is 0 Å². The first-order valence-electron chi connectivity index (χ1n) is 3.70. The quantitative estimate of drug-likeness (QED) is 0.666. The summed E-state index contributed by atoms with van der Waals surface area (Å²) in [7, 11) is 0. The number of hydrogen-bond acceptors (Lipinski definition) is 3. The van der Waals surface area contributed by atoms with Gasteiger partial charge < -0.3 is 10.4 Å². The molecule has 1 aromatic heterocycles. The Bertz CT molecular complexity index is 210. The van der Waals surface area contributed by atoms with Crippen LogP contribution in [0.2, 0.25) is 0 Å². The zero-order valence-electron chi connectivity index (χ0n) is 6.63.